The van der Waals surface area contributed by atoms with Crippen molar-refractivity contribution in [2.45, 2.75) is 31.2 Å². The summed E-state index contributed by atoms with van der Waals surface area (Å²) >= 11 is 0. The Morgan fingerprint density at radius 1 is 1.38 bits per heavy atom. The summed E-state index contributed by atoms with van der Waals surface area (Å²) in [6.45, 7) is -0.322. The lowest BCUT2D eigenvalue weighted by molar-refractivity contribution is -0.387. The molecule has 2 rings (SSSR count). The van der Waals surface area contributed by atoms with E-state index in [0.717, 1.165) is 12.8 Å². The van der Waals surface area contributed by atoms with Crippen molar-refractivity contribution in [1.82, 2.24) is 5.32 Å². The molecule has 8 heteroatoms. The van der Waals surface area contributed by atoms with Gasteiger partial charge in [-0.1, -0.05) is 12.8 Å². The van der Waals surface area contributed by atoms with Crippen LogP contribution >= 0.6 is 0 Å². The Kier molecular flexibility index (Phi) is 4.17. The number of amides is 1. The van der Waals surface area contributed by atoms with E-state index in [2.05, 4.69) is 5.32 Å². The van der Waals surface area contributed by atoms with Crippen molar-refractivity contribution < 1.29 is 23.6 Å². The average molecular weight is 300 g/mol. The Morgan fingerprint density at radius 3 is 2.52 bits per heavy atom. The molecule has 0 aromatic heterocycles. The molecule has 1 amide bonds. The Hall–Kier alpha value is -2.09. The maximum atomic E-state index is 13.9. The summed E-state index contributed by atoms with van der Waals surface area (Å²) in [7, 11) is 0. The molecule has 2 N–H and O–H groups in total. The number of nitrogens with one attached hydrogen (secondary N) is 1. The zero-order valence-corrected chi connectivity index (χ0v) is 11.1. The summed E-state index contributed by atoms with van der Waals surface area (Å²) in [5, 5.41) is 22.5. The highest BCUT2D eigenvalue weighted by molar-refractivity contribution is 5.95. The number of aliphatic hydroxyl groups excluding tert-OH is 1. The molecule has 1 aromatic rings. The molecule has 0 unspecified atom stereocenters. The third kappa shape index (κ3) is 2.99. The Bertz CT molecular complexity index is 586. The summed E-state index contributed by atoms with van der Waals surface area (Å²) in [6.07, 6.45) is 2.64. The normalized spacial score (nSPS) is 16.7. The third-order valence-corrected chi connectivity index (χ3v) is 3.70. The van der Waals surface area contributed by atoms with Crippen LogP contribution in [-0.2, 0) is 0 Å². The van der Waals surface area contributed by atoms with Crippen LogP contribution in [0, 0.1) is 21.7 Å². The van der Waals surface area contributed by atoms with Gasteiger partial charge in [-0.15, -0.1) is 0 Å². The zero-order chi connectivity index (χ0) is 15.6. The highest BCUT2D eigenvalue weighted by Crippen LogP contribution is 2.30. The van der Waals surface area contributed by atoms with Crippen molar-refractivity contribution >= 4 is 11.6 Å². The van der Waals surface area contributed by atoms with Gasteiger partial charge in [-0.3, -0.25) is 14.9 Å². The standard InChI is InChI=1S/C13H14F2N2O4/c14-8-5-9(11(15)10(6-8)17(20)21)12(19)16-13(7-18)3-1-2-4-13/h5-6,18H,1-4,7H2,(H,16,19). The smallest absolute Gasteiger partial charge is 0.308 e. The summed E-state index contributed by atoms with van der Waals surface area (Å²) in [5.41, 5.74) is -2.70. The minimum Gasteiger partial charge on any atom is -0.394 e. The fourth-order valence-electron chi connectivity index (χ4n) is 2.56. The molecule has 0 bridgehead atoms. The summed E-state index contributed by atoms with van der Waals surface area (Å²) in [4.78, 5) is 21.6. The highest BCUT2D eigenvalue weighted by atomic mass is 19.1. The second kappa shape index (κ2) is 5.72. The molecule has 1 fully saturated rings. The minimum absolute atomic E-state index is 0.322. The van der Waals surface area contributed by atoms with Crippen molar-refractivity contribution in [2.24, 2.45) is 0 Å². The van der Waals surface area contributed by atoms with Crippen molar-refractivity contribution in [3.63, 3.8) is 0 Å². The second-order valence-electron chi connectivity index (χ2n) is 5.14. The van der Waals surface area contributed by atoms with Gasteiger partial charge in [-0.2, -0.15) is 4.39 Å². The largest absolute Gasteiger partial charge is 0.394 e. The fraction of sp³-hybridized carbons (Fsp3) is 0.462. The van der Waals surface area contributed by atoms with Gasteiger partial charge in [0.15, 0.2) is 0 Å². The lowest BCUT2D eigenvalue weighted by Gasteiger charge is -2.28. The number of benzene rings is 1. The molecule has 0 aliphatic heterocycles. The van der Waals surface area contributed by atoms with Crippen molar-refractivity contribution in [2.75, 3.05) is 6.61 Å². The molecule has 1 aliphatic rings. The number of carbonyl (C=O) groups excluding carboxylic acids is 1. The van der Waals surface area contributed by atoms with Gasteiger partial charge in [-0.25, -0.2) is 4.39 Å². The molecule has 6 nitrogen and oxygen atoms in total. The SMILES string of the molecule is O=C(NC1(CO)CCCC1)c1cc(F)cc([N+](=O)[O-])c1F. The molecule has 1 aliphatic carbocycles. The first-order valence-corrected chi connectivity index (χ1v) is 6.45. The summed E-state index contributed by atoms with van der Waals surface area (Å²) < 4.78 is 27.2. The quantitative estimate of drug-likeness (QED) is 0.656. The van der Waals surface area contributed by atoms with Crippen LogP contribution in [0.2, 0.25) is 0 Å². The van der Waals surface area contributed by atoms with E-state index >= 15 is 0 Å². The monoisotopic (exact) mass is 300 g/mol. The van der Waals surface area contributed by atoms with Gasteiger partial charge in [0, 0.05) is 0 Å². The topological polar surface area (TPSA) is 92.5 Å². The Labute approximate surface area is 118 Å². The van der Waals surface area contributed by atoms with Gasteiger partial charge < -0.3 is 10.4 Å². The number of rotatable bonds is 4. The van der Waals surface area contributed by atoms with Gasteiger partial charge in [0.05, 0.1) is 28.7 Å². The predicted molar refractivity (Wildman–Crippen MR) is 68.8 cm³/mol. The highest BCUT2D eigenvalue weighted by Gasteiger charge is 2.36. The number of hydrogen-bond donors (Lipinski definition) is 2. The molecule has 21 heavy (non-hydrogen) atoms. The van der Waals surface area contributed by atoms with E-state index in [9.17, 15) is 28.8 Å². The number of nitrogens with zero attached hydrogens (tertiary/aromatic N) is 1. The van der Waals surface area contributed by atoms with Crippen molar-refractivity contribution in [1.29, 1.82) is 0 Å². The molecule has 1 saturated carbocycles. The number of hydrogen-bond acceptors (Lipinski definition) is 4. The Balaban J connectivity index is 2.33. The minimum atomic E-state index is -1.38. The fourth-order valence-corrected chi connectivity index (χ4v) is 2.56. The lowest BCUT2D eigenvalue weighted by Crippen LogP contribution is -2.49. The molecule has 0 saturated heterocycles. The van der Waals surface area contributed by atoms with Crippen molar-refractivity contribution in [3.05, 3.63) is 39.4 Å². The molecule has 0 spiro atoms. The van der Waals surface area contributed by atoms with Gasteiger partial charge in [0.2, 0.25) is 5.82 Å². The predicted octanol–water partition coefficient (Wildman–Crippen LogP) is 1.91. The van der Waals surface area contributed by atoms with Crippen LogP contribution in [0.1, 0.15) is 36.0 Å². The van der Waals surface area contributed by atoms with Crippen molar-refractivity contribution in [3.8, 4) is 0 Å². The lowest BCUT2D eigenvalue weighted by atomic mass is 9.98. The summed E-state index contributed by atoms with van der Waals surface area (Å²) in [5.74, 6) is -3.42. The molecular weight excluding hydrogens is 286 g/mol. The van der Waals surface area contributed by atoms with E-state index in [1.54, 1.807) is 0 Å². The molecule has 0 atom stereocenters. The van der Waals surface area contributed by atoms with Crippen LogP contribution < -0.4 is 5.32 Å². The first kappa shape index (κ1) is 15.3. The van der Waals surface area contributed by atoms with E-state index in [-0.39, 0.29) is 6.61 Å². The van der Waals surface area contributed by atoms with Crippen LogP contribution in [0.4, 0.5) is 14.5 Å². The van der Waals surface area contributed by atoms with Gasteiger partial charge in [0.25, 0.3) is 5.91 Å². The number of halogens is 2. The molecule has 0 radical (unpaired) electrons. The van der Waals surface area contributed by atoms with Crippen LogP contribution in [0.3, 0.4) is 0 Å². The first-order valence-electron chi connectivity index (χ1n) is 6.45. The first-order chi connectivity index (χ1) is 9.88. The average Bonchev–Trinajstić information content (AvgIpc) is 2.89. The maximum Gasteiger partial charge on any atom is 0.308 e. The number of aliphatic hydroxyl groups is 1. The van der Waals surface area contributed by atoms with Gasteiger partial charge in [0.1, 0.15) is 5.82 Å². The van der Waals surface area contributed by atoms with Gasteiger partial charge >= 0.3 is 5.69 Å². The summed E-state index contributed by atoms with van der Waals surface area (Å²) in [6, 6.07) is 1.03. The molecule has 1 aromatic carbocycles. The van der Waals surface area contributed by atoms with Crippen LogP contribution in [0.5, 0.6) is 0 Å². The van der Waals surface area contributed by atoms with E-state index in [1.165, 1.54) is 0 Å². The third-order valence-electron chi connectivity index (χ3n) is 3.70. The molecule has 114 valence electrons. The molecule has 0 heterocycles. The van der Waals surface area contributed by atoms with Crippen LogP contribution in [0.25, 0.3) is 0 Å². The number of nitro groups is 1. The molecular formula is C13H14F2N2O4. The van der Waals surface area contributed by atoms with Crippen LogP contribution in [0.15, 0.2) is 12.1 Å². The maximum absolute atomic E-state index is 13.9. The number of carbonyl (C=O) groups is 1. The Morgan fingerprint density at radius 2 is 2.00 bits per heavy atom. The number of nitro benzene ring substituents is 1. The van der Waals surface area contributed by atoms with E-state index < -0.39 is 39.3 Å². The zero-order valence-electron chi connectivity index (χ0n) is 11.1. The van der Waals surface area contributed by atoms with E-state index in [4.69, 9.17) is 0 Å². The van der Waals surface area contributed by atoms with Crippen LogP contribution in [-0.4, -0.2) is 28.1 Å². The van der Waals surface area contributed by atoms with Gasteiger partial charge in [-0.05, 0) is 18.9 Å². The van der Waals surface area contributed by atoms with E-state index in [1.807, 2.05) is 0 Å². The van der Waals surface area contributed by atoms with E-state index in [0.29, 0.717) is 25.0 Å². The second-order valence-corrected chi connectivity index (χ2v) is 5.14.